The van der Waals surface area contributed by atoms with Gasteiger partial charge in [-0.3, -0.25) is 9.59 Å². The second kappa shape index (κ2) is 6.89. The van der Waals surface area contributed by atoms with E-state index in [9.17, 15) is 22.8 Å². The standard InChI is InChI=1S/C15H10F3N3O2S2/c16-15(17,18)9-3-1-2-4-10(9)19-11(22)7-25-14-20-12(23)8-5-6-24-13(8)21-14/h1-6H,7H2,(H,19,22)(H,20,21,23). The minimum absolute atomic E-state index is 0.188. The number of thioether (sulfide) groups is 1. The number of aromatic amines is 1. The quantitative estimate of drug-likeness (QED) is 0.530. The Balaban J connectivity index is 1.70. The third-order valence-electron chi connectivity index (χ3n) is 3.16. The molecular weight excluding hydrogens is 375 g/mol. The Morgan fingerprint density at radius 2 is 2.04 bits per heavy atom. The van der Waals surface area contributed by atoms with Gasteiger partial charge < -0.3 is 10.3 Å². The molecule has 1 amide bonds. The average molecular weight is 385 g/mol. The highest BCUT2D eigenvalue weighted by atomic mass is 32.2. The fraction of sp³-hybridized carbons (Fsp3) is 0.133. The number of para-hydroxylation sites is 1. The highest BCUT2D eigenvalue weighted by Crippen LogP contribution is 2.34. The Kier molecular flexibility index (Phi) is 4.82. The van der Waals surface area contributed by atoms with Crippen molar-refractivity contribution in [3.8, 4) is 0 Å². The number of hydrogen-bond donors (Lipinski definition) is 2. The van der Waals surface area contributed by atoms with Crippen LogP contribution in [0.1, 0.15) is 5.56 Å². The van der Waals surface area contributed by atoms with E-state index in [0.29, 0.717) is 10.2 Å². The van der Waals surface area contributed by atoms with Gasteiger partial charge >= 0.3 is 6.18 Å². The zero-order chi connectivity index (χ0) is 18.0. The normalized spacial score (nSPS) is 11.6. The summed E-state index contributed by atoms with van der Waals surface area (Å²) in [5, 5.41) is 4.65. The molecule has 0 aliphatic rings. The van der Waals surface area contributed by atoms with Crippen LogP contribution in [0.4, 0.5) is 18.9 Å². The molecule has 10 heteroatoms. The molecule has 1 aromatic carbocycles. The lowest BCUT2D eigenvalue weighted by molar-refractivity contribution is -0.137. The van der Waals surface area contributed by atoms with Crippen molar-refractivity contribution in [3.05, 3.63) is 51.6 Å². The first-order valence-electron chi connectivity index (χ1n) is 6.91. The third kappa shape index (κ3) is 4.02. The summed E-state index contributed by atoms with van der Waals surface area (Å²) in [5.41, 5.74) is -1.55. The van der Waals surface area contributed by atoms with E-state index in [1.807, 2.05) is 0 Å². The number of fused-ring (bicyclic) bond motifs is 1. The van der Waals surface area contributed by atoms with Crippen molar-refractivity contribution in [1.82, 2.24) is 9.97 Å². The van der Waals surface area contributed by atoms with E-state index in [-0.39, 0.29) is 22.2 Å². The van der Waals surface area contributed by atoms with Crippen LogP contribution in [0.25, 0.3) is 10.2 Å². The first-order valence-corrected chi connectivity index (χ1v) is 8.77. The van der Waals surface area contributed by atoms with Gasteiger partial charge in [-0.1, -0.05) is 23.9 Å². The van der Waals surface area contributed by atoms with Crippen molar-refractivity contribution < 1.29 is 18.0 Å². The topological polar surface area (TPSA) is 74.8 Å². The lowest BCUT2D eigenvalue weighted by Gasteiger charge is -2.13. The summed E-state index contributed by atoms with van der Waals surface area (Å²) in [6.45, 7) is 0. The van der Waals surface area contributed by atoms with Gasteiger partial charge in [-0.2, -0.15) is 13.2 Å². The summed E-state index contributed by atoms with van der Waals surface area (Å²) >= 11 is 2.23. The van der Waals surface area contributed by atoms with E-state index in [1.54, 1.807) is 11.4 Å². The summed E-state index contributed by atoms with van der Waals surface area (Å²) in [6.07, 6.45) is -4.56. The van der Waals surface area contributed by atoms with Gasteiger partial charge in [0.15, 0.2) is 5.16 Å². The first-order chi connectivity index (χ1) is 11.8. The van der Waals surface area contributed by atoms with Crippen molar-refractivity contribution in [2.24, 2.45) is 0 Å². The van der Waals surface area contributed by atoms with Crippen molar-refractivity contribution >= 4 is 44.9 Å². The van der Waals surface area contributed by atoms with E-state index < -0.39 is 17.6 Å². The molecule has 2 heterocycles. The molecule has 0 atom stereocenters. The highest BCUT2D eigenvalue weighted by Gasteiger charge is 2.33. The van der Waals surface area contributed by atoms with Gasteiger partial charge in [-0.15, -0.1) is 11.3 Å². The fourth-order valence-corrected chi connectivity index (χ4v) is 3.56. The van der Waals surface area contributed by atoms with Gasteiger partial charge in [0.05, 0.1) is 22.4 Å². The Bertz CT molecular complexity index is 982. The predicted octanol–water partition coefficient (Wildman–Crippen LogP) is 3.73. The van der Waals surface area contributed by atoms with Crippen LogP contribution in [0.15, 0.2) is 45.7 Å². The minimum Gasteiger partial charge on any atom is -0.325 e. The van der Waals surface area contributed by atoms with Gasteiger partial charge in [0, 0.05) is 0 Å². The summed E-state index contributed by atoms with van der Waals surface area (Å²) in [5.74, 6) is -0.818. The zero-order valence-electron chi connectivity index (χ0n) is 12.4. The van der Waals surface area contributed by atoms with E-state index >= 15 is 0 Å². The molecule has 3 aromatic rings. The number of hydrogen-bond acceptors (Lipinski definition) is 5. The van der Waals surface area contributed by atoms with Crippen LogP contribution in [0.5, 0.6) is 0 Å². The Labute approximate surface area is 147 Å². The largest absolute Gasteiger partial charge is 0.418 e. The van der Waals surface area contributed by atoms with Crippen LogP contribution < -0.4 is 10.9 Å². The maximum absolute atomic E-state index is 12.9. The van der Waals surface area contributed by atoms with Gasteiger partial charge in [0.2, 0.25) is 5.91 Å². The molecule has 0 fully saturated rings. The smallest absolute Gasteiger partial charge is 0.325 e. The number of amides is 1. The molecule has 2 aromatic heterocycles. The summed E-state index contributed by atoms with van der Waals surface area (Å²) < 4.78 is 38.7. The number of anilines is 1. The van der Waals surface area contributed by atoms with Crippen molar-refractivity contribution in [2.45, 2.75) is 11.3 Å². The number of H-pyrrole nitrogens is 1. The van der Waals surface area contributed by atoms with Crippen LogP contribution in [0.3, 0.4) is 0 Å². The van der Waals surface area contributed by atoms with Crippen molar-refractivity contribution in [1.29, 1.82) is 0 Å². The number of rotatable bonds is 4. The SMILES string of the molecule is O=C(CSc1nc2sccc2c(=O)[nH]1)Nc1ccccc1C(F)(F)F. The number of carbonyl (C=O) groups excluding carboxylic acids is 1. The number of nitrogens with zero attached hydrogens (tertiary/aromatic N) is 1. The predicted molar refractivity (Wildman–Crippen MR) is 91.0 cm³/mol. The third-order valence-corrected chi connectivity index (χ3v) is 4.84. The molecule has 0 radical (unpaired) electrons. The summed E-state index contributed by atoms with van der Waals surface area (Å²) in [6, 6.07) is 6.37. The molecule has 0 saturated carbocycles. The monoisotopic (exact) mass is 385 g/mol. The fourth-order valence-electron chi connectivity index (χ4n) is 2.07. The molecule has 0 spiro atoms. The molecule has 0 aliphatic heterocycles. The van der Waals surface area contributed by atoms with E-state index in [4.69, 9.17) is 0 Å². The van der Waals surface area contributed by atoms with E-state index in [1.165, 1.54) is 29.5 Å². The molecule has 3 rings (SSSR count). The van der Waals surface area contributed by atoms with Crippen LogP contribution in [-0.4, -0.2) is 21.6 Å². The van der Waals surface area contributed by atoms with E-state index in [2.05, 4.69) is 15.3 Å². The van der Waals surface area contributed by atoms with Crippen LogP contribution in [0.2, 0.25) is 0 Å². The minimum atomic E-state index is -4.56. The lowest BCUT2D eigenvalue weighted by Crippen LogP contribution is -2.18. The number of carbonyl (C=O) groups is 1. The second-order valence-corrected chi connectivity index (χ2v) is 6.75. The van der Waals surface area contributed by atoms with Gasteiger partial charge in [0.25, 0.3) is 5.56 Å². The maximum atomic E-state index is 12.9. The Morgan fingerprint density at radius 1 is 1.28 bits per heavy atom. The number of thiophene rings is 1. The average Bonchev–Trinajstić information content (AvgIpc) is 3.01. The molecule has 0 saturated heterocycles. The summed E-state index contributed by atoms with van der Waals surface area (Å²) in [4.78, 5) is 31.0. The van der Waals surface area contributed by atoms with Gasteiger partial charge in [-0.25, -0.2) is 4.98 Å². The molecule has 130 valence electrons. The molecule has 5 nitrogen and oxygen atoms in total. The Morgan fingerprint density at radius 3 is 2.80 bits per heavy atom. The molecule has 0 aliphatic carbocycles. The lowest BCUT2D eigenvalue weighted by atomic mass is 10.1. The Hall–Kier alpha value is -2.33. The summed E-state index contributed by atoms with van der Waals surface area (Å²) in [7, 11) is 0. The van der Waals surface area contributed by atoms with Crippen molar-refractivity contribution in [2.75, 3.05) is 11.1 Å². The van der Waals surface area contributed by atoms with Gasteiger partial charge in [0.1, 0.15) is 4.83 Å². The van der Waals surface area contributed by atoms with Gasteiger partial charge in [-0.05, 0) is 23.6 Å². The maximum Gasteiger partial charge on any atom is 0.418 e. The number of benzene rings is 1. The molecule has 2 N–H and O–H groups in total. The first kappa shape index (κ1) is 17.5. The second-order valence-electron chi connectivity index (χ2n) is 4.89. The molecule has 25 heavy (non-hydrogen) atoms. The number of alkyl halides is 3. The number of nitrogens with one attached hydrogen (secondary N) is 2. The van der Waals surface area contributed by atoms with Crippen LogP contribution >= 0.6 is 23.1 Å². The molecule has 0 bridgehead atoms. The van der Waals surface area contributed by atoms with E-state index in [0.717, 1.165) is 17.8 Å². The number of halogens is 3. The molecule has 0 unspecified atom stereocenters. The van der Waals surface area contributed by atoms with Crippen LogP contribution in [0, 0.1) is 0 Å². The van der Waals surface area contributed by atoms with Crippen molar-refractivity contribution in [3.63, 3.8) is 0 Å². The highest BCUT2D eigenvalue weighted by molar-refractivity contribution is 7.99. The molecular formula is C15H10F3N3O2S2. The van der Waals surface area contributed by atoms with Crippen LogP contribution in [-0.2, 0) is 11.0 Å². The number of aromatic nitrogens is 2. The zero-order valence-corrected chi connectivity index (χ0v) is 14.0.